The molecular formula is C21H23N7O2. The van der Waals surface area contributed by atoms with E-state index in [-0.39, 0.29) is 11.9 Å². The van der Waals surface area contributed by atoms with Gasteiger partial charge in [-0.15, -0.1) is 0 Å². The lowest BCUT2D eigenvalue weighted by molar-refractivity contribution is 0.102. The molecule has 1 N–H and O–H groups in total. The van der Waals surface area contributed by atoms with Crippen LogP contribution in [0.2, 0.25) is 0 Å². The van der Waals surface area contributed by atoms with Gasteiger partial charge in [-0.05, 0) is 25.1 Å². The van der Waals surface area contributed by atoms with Crippen LogP contribution in [-0.4, -0.2) is 58.6 Å². The van der Waals surface area contributed by atoms with Crippen LogP contribution in [0.3, 0.4) is 0 Å². The lowest BCUT2D eigenvalue weighted by atomic mass is 10.2. The van der Waals surface area contributed by atoms with Crippen LogP contribution in [-0.2, 0) is 0 Å². The van der Waals surface area contributed by atoms with E-state index in [1.165, 1.54) is 13.3 Å². The van der Waals surface area contributed by atoms with Crippen LogP contribution in [0, 0.1) is 0 Å². The number of nitrogens with zero attached hydrogens (tertiary/aromatic N) is 6. The molecule has 0 spiro atoms. The van der Waals surface area contributed by atoms with Gasteiger partial charge in [0.15, 0.2) is 0 Å². The number of carbonyl (C=O) groups excluding carboxylic acids is 1. The van der Waals surface area contributed by atoms with Gasteiger partial charge in [-0.3, -0.25) is 4.79 Å². The Morgan fingerprint density at radius 3 is 2.53 bits per heavy atom. The zero-order valence-corrected chi connectivity index (χ0v) is 16.9. The molecule has 1 unspecified atom stereocenters. The minimum absolute atomic E-state index is 0.277. The van der Waals surface area contributed by atoms with Crippen molar-refractivity contribution in [3.63, 3.8) is 0 Å². The first-order chi connectivity index (χ1) is 14.6. The SMILES string of the molecule is COc1ccc(C(=O)Nc2cnc(N3CCN(c4ccccn4)C(C)C3)nc2)cn1. The standard InChI is InChI=1S/C21H23N7O2/c1-15-14-27(9-10-28(15)18-5-3-4-8-22-18)21-24-12-17(13-25-21)26-20(29)16-6-7-19(30-2)23-11-16/h3-8,11-13,15H,9-10,14H2,1-2H3,(H,26,29). The van der Waals surface area contributed by atoms with Crippen molar-refractivity contribution in [1.82, 2.24) is 19.9 Å². The molecule has 0 aliphatic carbocycles. The van der Waals surface area contributed by atoms with Gasteiger partial charge in [-0.1, -0.05) is 6.07 Å². The van der Waals surface area contributed by atoms with E-state index in [1.54, 1.807) is 24.5 Å². The summed E-state index contributed by atoms with van der Waals surface area (Å²) in [4.78, 5) is 34.1. The molecule has 4 rings (SSSR count). The Kier molecular flexibility index (Phi) is 5.69. The minimum Gasteiger partial charge on any atom is -0.481 e. The van der Waals surface area contributed by atoms with Crippen LogP contribution in [0.25, 0.3) is 0 Å². The predicted molar refractivity (Wildman–Crippen MR) is 114 cm³/mol. The van der Waals surface area contributed by atoms with Gasteiger partial charge in [-0.2, -0.15) is 0 Å². The Bertz CT molecular complexity index is 981. The van der Waals surface area contributed by atoms with E-state index in [0.717, 1.165) is 25.5 Å². The van der Waals surface area contributed by atoms with Gasteiger partial charge in [0, 0.05) is 44.1 Å². The number of rotatable bonds is 5. The summed E-state index contributed by atoms with van der Waals surface area (Å²) in [6.45, 7) is 4.59. The maximum atomic E-state index is 12.3. The topological polar surface area (TPSA) is 96.4 Å². The Labute approximate surface area is 174 Å². The van der Waals surface area contributed by atoms with Crippen LogP contribution in [0.15, 0.2) is 55.1 Å². The van der Waals surface area contributed by atoms with Crippen molar-refractivity contribution in [2.75, 3.05) is 41.9 Å². The Morgan fingerprint density at radius 2 is 1.90 bits per heavy atom. The van der Waals surface area contributed by atoms with Gasteiger partial charge in [0.05, 0.1) is 30.8 Å². The van der Waals surface area contributed by atoms with Crippen molar-refractivity contribution in [3.05, 3.63) is 60.7 Å². The highest BCUT2D eigenvalue weighted by molar-refractivity contribution is 6.03. The zero-order valence-electron chi connectivity index (χ0n) is 16.9. The third kappa shape index (κ3) is 4.29. The second kappa shape index (κ2) is 8.73. The lowest BCUT2D eigenvalue weighted by Gasteiger charge is -2.40. The van der Waals surface area contributed by atoms with Crippen LogP contribution < -0.4 is 19.9 Å². The second-order valence-electron chi connectivity index (χ2n) is 6.99. The molecule has 1 fully saturated rings. The highest BCUT2D eigenvalue weighted by atomic mass is 16.5. The van der Waals surface area contributed by atoms with Crippen molar-refractivity contribution >= 4 is 23.4 Å². The first kappa shape index (κ1) is 19.6. The Morgan fingerprint density at radius 1 is 1.07 bits per heavy atom. The molecule has 4 heterocycles. The number of amides is 1. The first-order valence-electron chi connectivity index (χ1n) is 9.70. The number of pyridine rings is 2. The molecule has 1 saturated heterocycles. The normalized spacial score (nSPS) is 16.3. The molecule has 154 valence electrons. The molecule has 0 radical (unpaired) electrons. The summed E-state index contributed by atoms with van der Waals surface area (Å²) in [6.07, 6.45) is 6.51. The summed E-state index contributed by atoms with van der Waals surface area (Å²) < 4.78 is 5.00. The van der Waals surface area contributed by atoms with E-state index in [2.05, 4.69) is 42.0 Å². The first-order valence-corrected chi connectivity index (χ1v) is 9.70. The fourth-order valence-corrected chi connectivity index (χ4v) is 3.39. The van der Waals surface area contributed by atoms with Gasteiger partial charge in [-0.25, -0.2) is 19.9 Å². The van der Waals surface area contributed by atoms with Crippen molar-refractivity contribution in [2.24, 2.45) is 0 Å². The number of ether oxygens (including phenoxy) is 1. The molecule has 0 saturated carbocycles. The summed E-state index contributed by atoms with van der Waals surface area (Å²) >= 11 is 0. The number of methoxy groups -OCH3 is 1. The third-order valence-electron chi connectivity index (χ3n) is 4.96. The van der Waals surface area contributed by atoms with Crippen molar-refractivity contribution in [3.8, 4) is 5.88 Å². The molecular weight excluding hydrogens is 382 g/mol. The van der Waals surface area contributed by atoms with E-state index in [9.17, 15) is 4.79 Å². The molecule has 3 aromatic heterocycles. The average molecular weight is 405 g/mol. The molecule has 1 aliphatic rings. The van der Waals surface area contributed by atoms with E-state index in [0.29, 0.717) is 23.1 Å². The van der Waals surface area contributed by atoms with E-state index >= 15 is 0 Å². The number of aromatic nitrogens is 4. The second-order valence-corrected chi connectivity index (χ2v) is 6.99. The smallest absolute Gasteiger partial charge is 0.257 e. The Balaban J connectivity index is 1.37. The van der Waals surface area contributed by atoms with Gasteiger partial charge in [0.2, 0.25) is 11.8 Å². The van der Waals surface area contributed by atoms with E-state index in [4.69, 9.17) is 4.74 Å². The third-order valence-corrected chi connectivity index (χ3v) is 4.96. The van der Waals surface area contributed by atoms with Crippen molar-refractivity contribution < 1.29 is 9.53 Å². The molecule has 1 aliphatic heterocycles. The molecule has 0 aromatic carbocycles. The van der Waals surface area contributed by atoms with E-state index in [1.807, 2.05) is 24.4 Å². The van der Waals surface area contributed by atoms with Gasteiger partial charge in [0.1, 0.15) is 5.82 Å². The number of hydrogen-bond donors (Lipinski definition) is 1. The minimum atomic E-state index is -0.279. The number of hydrogen-bond acceptors (Lipinski definition) is 8. The highest BCUT2D eigenvalue weighted by Crippen LogP contribution is 2.21. The predicted octanol–water partition coefficient (Wildman–Crippen LogP) is 2.24. The summed E-state index contributed by atoms with van der Waals surface area (Å²) in [5, 5.41) is 2.78. The number of piperazine rings is 1. The zero-order chi connectivity index (χ0) is 20.9. The fourth-order valence-electron chi connectivity index (χ4n) is 3.39. The maximum absolute atomic E-state index is 12.3. The van der Waals surface area contributed by atoms with Crippen LogP contribution in [0.4, 0.5) is 17.5 Å². The largest absolute Gasteiger partial charge is 0.481 e. The molecule has 1 amide bonds. The Hall–Kier alpha value is -3.75. The monoisotopic (exact) mass is 405 g/mol. The molecule has 30 heavy (non-hydrogen) atoms. The summed E-state index contributed by atoms with van der Waals surface area (Å²) in [7, 11) is 1.53. The van der Waals surface area contributed by atoms with Crippen molar-refractivity contribution in [1.29, 1.82) is 0 Å². The van der Waals surface area contributed by atoms with Crippen LogP contribution in [0.5, 0.6) is 5.88 Å². The maximum Gasteiger partial charge on any atom is 0.257 e. The number of carbonyl (C=O) groups is 1. The number of anilines is 3. The lowest BCUT2D eigenvalue weighted by Crippen LogP contribution is -2.52. The molecule has 1 atom stereocenters. The fraction of sp³-hybridized carbons (Fsp3) is 0.286. The molecule has 9 heteroatoms. The van der Waals surface area contributed by atoms with Gasteiger partial charge < -0.3 is 19.9 Å². The number of nitrogens with one attached hydrogen (secondary N) is 1. The van der Waals surface area contributed by atoms with Crippen LogP contribution >= 0.6 is 0 Å². The summed E-state index contributed by atoms with van der Waals surface area (Å²) in [6, 6.07) is 9.51. The summed E-state index contributed by atoms with van der Waals surface area (Å²) in [5.41, 5.74) is 0.957. The quantitative estimate of drug-likeness (QED) is 0.690. The van der Waals surface area contributed by atoms with E-state index < -0.39 is 0 Å². The average Bonchev–Trinajstić information content (AvgIpc) is 2.80. The highest BCUT2D eigenvalue weighted by Gasteiger charge is 2.26. The van der Waals surface area contributed by atoms with Crippen LogP contribution in [0.1, 0.15) is 17.3 Å². The summed E-state index contributed by atoms with van der Waals surface area (Å²) in [5.74, 6) is 1.80. The molecule has 9 nitrogen and oxygen atoms in total. The van der Waals surface area contributed by atoms with Gasteiger partial charge >= 0.3 is 0 Å². The molecule has 0 bridgehead atoms. The van der Waals surface area contributed by atoms with Crippen molar-refractivity contribution in [2.45, 2.75) is 13.0 Å². The van der Waals surface area contributed by atoms with Gasteiger partial charge in [0.25, 0.3) is 5.91 Å². The molecule has 3 aromatic rings.